The maximum absolute atomic E-state index is 12.5. The van der Waals surface area contributed by atoms with Gasteiger partial charge in [0.1, 0.15) is 17.7 Å². The number of nitrogens with zero attached hydrogens (tertiary/aromatic N) is 4. The Morgan fingerprint density at radius 1 is 1.42 bits per heavy atom. The summed E-state index contributed by atoms with van der Waals surface area (Å²) in [6.07, 6.45) is 1.42. The molecule has 100 valence electrons. The van der Waals surface area contributed by atoms with E-state index in [1.54, 1.807) is 10.8 Å². The molecule has 6 nitrogen and oxygen atoms in total. The average molecular weight is 267 g/mol. The fraction of sp³-hybridized carbons (Fsp3) is 0.273. The summed E-state index contributed by atoms with van der Waals surface area (Å²) in [5.74, 6) is -0.269. The second-order valence-corrected chi connectivity index (χ2v) is 3.62. The number of carbonyl (C=O) groups excluding carboxylic acids is 1. The smallest absolute Gasteiger partial charge is 0.280 e. The minimum Gasteiger partial charge on any atom is -0.317 e. The van der Waals surface area contributed by atoms with Gasteiger partial charge in [-0.1, -0.05) is 0 Å². The summed E-state index contributed by atoms with van der Waals surface area (Å²) in [5.41, 5.74) is -0.616. The van der Waals surface area contributed by atoms with Gasteiger partial charge in [-0.05, 0) is 13.0 Å². The van der Waals surface area contributed by atoms with Crippen LogP contribution in [0.3, 0.4) is 0 Å². The lowest BCUT2D eigenvalue weighted by Crippen LogP contribution is -2.17. The molecule has 0 radical (unpaired) electrons. The lowest BCUT2D eigenvalue weighted by molar-refractivity contribution is 0.101. The van der Waals surface area contributed by atoms with Gasteiger partial charge in [0.15, 0.2) is 0 Å². The fourth-order valence-electron chi connectivity index (χ4n) is 1.47. The molecular weight excluding hydrogens is 256 g/mol. The van der Waals surface area contributed by atoms with Crippen molar-refractivity contribution in [1.29, 1.82) is 0 Å². The molecule has 0 aliphatic heterocycles. The number of hydrogen-bond acceptors (Lipinski definition) is 4. The molecule has 0 unspecified atom stereocenters. The molecule has 0 fully saturated rings. The molecule has 0 saturated heterocycles. The van der Waals surface area contributed by atoms with Crippen molar-refractivity contribution < 1.29 is 13.6 Å². The van der Waals surface area contributed by atoms with Crippen LogP contribution in [0.25, 0.3) is 0 Å². The molecule has 0 spiro atoms. The quantitative estimate of drug-likeness (QED) is 0.918. The van der Waals surface area contributed by atoms with E-state index in [0.29, 0.717) is 12.5 Å². The molecule has 19 heavy (non-hydrogen) atoms. The predicted molar refractivity (Wildman–Crippen MR) is 62.8 cm³/mol. The number of imidazole rings is 1. The third-order valence-electron chi connectivity index (χ3n) is 2.43. The molecule has 0 atom stereocenters. The van der Waals surface area contributed by atoms with Crippen molar-refractivity contribution >= 4 is 11.9 Å². The Hall–Kier alpha value is -2.38. The van der Waals surface area contributed by atoms with Crippen LogP contribution in [0.2, 0.25) is 0 Å². The Labute approximate surface area is 107 Å². The van der Waals surface area contributed by atoms with E-state index >= 15 is 0 Å². The number of aryl methyl sites for hydroxylation is 1. The predicted octanol–water partition coefficient (Wildman–Crippen LogP) is 1.88. The number of alkyl halides is 2. The van der Waals surface area contributed by atoms with Crippen LogP contribution in [0.15, 0.2) is 24.8 Å². The number of halogens is 2. The summed E-state index contributed by atoms with van der Waals surface area (Å²) in [6.45, 7) is 2.51. The topological polar surface area (TPSA) is 72.7 Å². The van der Waals surface area contributed by atoms with Gasteiger partial charge in [0.25, 0.3) is 12.3 Å². The van der Waals surface area contributed by atoms with Crippen molar-refractivity contribution in [2.24, 2.45) is 0 Å². The van der Waals surface area contributed by atoms with Gasteiger partial charge < -0.3 is 4.57 Å². The highest BCUT2D eigenvalue weighted by Gasteiger charge is 2.15. The average Bonchev–Trinajstić information content (AvgIpc) is 2.86. The first kappa shape index (κ1) is 13.1. The highest BCUT2D eigenvalue weighted by molar-refractivity contribution is 6.01. The molecule has 8 heteroatoms. The summed E-state index contributed by atoms with van der Waals surface area (Å²) < 4.78 is 26.6. The first-order valence-corrected chi connectivity index (χ1v) is 5.54. The van der Waals surface area contributed by atoms with E-state index in [9.17, 15) is 13.6 Å². The number of aromatic nitrogens is 4. The van der Waals surface area contributed by atoms with Crippen molar-refractivity contribution in [3.8, 4) is 0 Å². The molecule has 2 heterocycles. The van der Waals surface area contributed by atoms with Crippen molar-refractivity contribution in [2.75, 3.05) is 5.32 Å². The van der Waals surface area contributed by atoms with Gasteiger partial charge in [-0.2, -0.15) is 0 Å². The Morgan fingerprint density at radius 2 is 2.21 bits per heavy atom. The van der Waals surface area contributed by atoms with Gasteiger partial charge in [-0.3, -0.25) is 10.1 Å². The monoisotopic (exact) mass is 267 g/mol. The molecule has 2 rings (SSSR count). The Balaban J connectivity index is 2.18. The third kappa shape index (κ3) is 2.90. The lowest BCUT2D eigenvalue weighted by Gasteiger charge is -2.06. The zero-order valence-corrected chi connectivity index (χ0v) is 10.0. The van der Waals surface area contributed by atoms with Crippen LogP contribution in [0, 0.1) is 0 Å². The number of rotatable bonds is 4. The van der Waals surface area contributed by atoms with Crippen LogP contribution in [0.5, 0.6) is 0 Å². The standard InChI is InChI=1S/C11H11F2N5O/c1-2-18-4-3-14-11(18)17-10(19)8-5-7(9(12)13)15-6-16-8/h3-6,9H,2H2,1H3,(H,14,17,19). The van der Waals surface area contributed by atoms with Crippen LogP contribution >= 0.6 is 0 Å². The van der Waals surface area contributed by atoms with Gasteiger partial charge in [0, 0.05) is 18.9 Å². The number of anilines is 1. The SMILES string of the molecule is CCn1ccnc1NC(=O)c1cc(C(F)F)ncn1. The second kappa shape index (κ2) is 5.51. The molecule has 0 aliphatic carbocycles. The lowest BCUT2D eigenvalue weighted by atomic mass is 10.3. The fourth-order valence-corrected chi connectivity index (χ4v) is 1.47. The van der Waals surface area contributed by atoms with Gasteiger partial charge in [0.2, 0.25) is 5.95 Å². The third-order valence-corrected chi connectivity index (χ3v) is 2.43. The summed E-state index contributed by atoms with van der Waals surface area (Å²) in [6, 6.07) is 0.958. The molecule has 0 saturated carbocycles. The number of amides is 1. The molecule has 1 N–H and O–H groups in total. The maximum Gasteiger partial charge on any atom is 0.280 e. The van der Waals surface area contributed by atoms with E-state index in [-0.39, 0.29) is 5.69 Å². The van der Waals surface area contributed by atoms with Crippen molar-refractivity contribution in [2.45, 2.75) is 19.9 Å². The van der Waals surface area contributed by atoms with Gasteiger partial charge in [0.05, 0.1) is 0 Å². The summed E-state index contributed by atoms with van der Waals surface area (Å²) in [5, 5.41) is 2.50. The Bertz CT molecular complexity index is 584. The summed E-state index contributed by atoms with van der Waals surface area (Å²) >= 11 is 0. The minimum atomic E-state index is -2.74. The molecule has 2 aromatic rings. The van der Waals surface area contributed by atoms with Crippen LogP contribution in [-0.4, -0.2) is 25.4 Å². The first-order chi connectivity index (χ1) is 9.11. The highest BCUT2D eigenvalue weighted by Crippen LogP contribution is 2.16. The van der Waals surface area contributed by atoms with Gasteiger partial charge in [-0.25, -0.2) is 23.7 Å². The van der Waals surface area contributed by atoms with E-state index in [2.05, 4.69) is 20.3 Å². The summed E-state index contributed by atoms with van der Waals surface area (Å²) in [7, 11) is 0. The van der Waals surface area contributed by atoms with Crippen molar-refractivity contribution in [1.82, 2.24) is 19.5 Å². The van der Waals surface area contributed by atoms with Crippen molar-refractivity contribution in [3.63, 3.8) is 0 Å². The molecular formula is C11H11F2N5O. The molecule has 0 aromatic carbocycles. The number of nitrogens with one attached hydrogen (secondary N) is 1. The van der Waals surface area contributed by atoms with Gasteiger partial charge in [-0.15, -0.1) is 0 Å². The van der Waals surface area contributed by atoms with E-state index in [0.717, 1.165) is 12.4 Å². The molecule has 1 amide bonds. The van der Waals surface area contributed by atoms with Gasteiger partial charge >= 0.3 is 0 Å². The molecule has 2 aromatic heterocycles. The second-order valence-electron chi connectivity index (χ2n) is 3.62. The minimum absolute atomic E-state index is 0.129. The summed E-state index contributed by atoms with van der Waals surface area (Å²) in [4.78, 5) is 22.9. The van der Waals surface area contributed by atoms with Crippen LogP contribution in [-0.2, 0) is 6.54 Å². The zero-order chi connectivity index (χ0) is 13.8. The normalized spacial score (nSPS) is 10.7. The van der Waals surface area contributed by atoms with Crippen LogP contribution < -0.4 is 5.32 Å². The van der Waals surface area contributed by atoms with E-state index in [1.807, 2.05) is 6.92 Å². The highest BCUT2D eigenvalue weighted by atomic mass is 19.3. The Morgan fingerprint density at radius 3 is 2.89 bits per heavy atom. The largest absolute Gasteiger partial charge is 0.317 e. The van der Waals surface area contributed by atoms with E-state index < -0.39 is 18.0 Å². The number of carbonyl (C=O) groups is 1. The Kier molecular flexibility index (Phi) is 3.79. The first-order valence-electron chi connectivity index (χ1n) is 5.54. The zero-order valence-electron chi connectivity index (χ0n) is 10.0. The van der Waals surface area contributed by atoms with E-state index in [1.165, 1.54) is 6.20 Å². The maximum atomic E-state index is 12.5. The van der Waals surface area contributed by atoms with Crippen molar-refractivity contribution in [3.05, 3.63) is 36.2 Å². The van der Waals surface area contributed by atoms with Crippen LogP contribution in [0.1, 0.15) is 29.5 Å². The number of hydrogen-bond donors (Lipinski definition) is 1. The molecule has 0 bridgehead atoms. The van der Waals surface area contributed by atoms with Crippen LogP contribution in [0.4, 0.5) is 14.7 Å². The van der Waals surface area contributed by atoms with E-state index in [4.69, 9.17) is 0 Å². The molecule has 0 aliphatic rings.